The monoisotopic (exact) mass is 388 g/mol. The molecular weight excluding hydrogens is 364 g/mol. The van der Waals surface area contributed by atoms with Gasteiger partial charge in [0.1, 0.15) is 12.7 Å². The highest BCUT2D eigenvalue weighted by molar-refractivity contribution is 7.87. The molecule has 9 heteroatoms. The molecule has 3 aliphatic rings. The number of fused-ring (bicyclic) bond motifs is 1. The standard InChI is InChI=1S/C17H24O8S/c1-9(2)16(19)24-8-12(18)22-5-6-23-14-10-7-11-13(17(10,3)4)15(14)25-26(11,20)21/h10-11,13-15H,1,5-8H2,2-4H3. The Kier molecular flexibility index (Phi) is 4.91. The van der Waals surface area contributed by atoms with Crippen LogP contribution in [0.25, 0.3) is 0 Å². The van der Waals surface area contributed by atoms with Gasteiger partial charge in [0.15, 0.2) is 6.61 Å². The van der Waals surface area contributed by atoms with Crippen molar-refractivity contribution in [1.29, 1.82) is 0 Å². The summed E-state index contributed by atoms with van der Waals surface area (Å²) in [4.78, 5) is 22.7. The second kappa shape index (κ2) is 6.61. The first-order valence-electron chi connectivity index (χ1n) is 8.57. The lowest BCUT2D eigenvalue weighted by Crippen LogP contribution is -2.36. The van der Waals surface area contributed by atoms with E-state index < -0.39 is 40.0 Å². The van der Waals surface area contributed by atoms with Gasteiger partial charge in [0.05, 0.1) is 18.0 Å². The number of esters is 2. The third kappa shape index (κ3) is 3.16. The van der Waals surface area contributed by atoms with Crippen molar-refractivity contribution in [2.24, 2.45) is 17.3 Å². The first kappa shape index (κ1) is 19.3. The van der Waals surface area contributed by atoms with Gasteiger partial charge in [-0.05, 0) is 24.7 Å². The summed E-state index contributed by atoms with van der Waals surface area (Å²) in [6.45, 7) is 8.62. The predicted molar refractivity (Wildman–Crippen MR) is 89.4 cm³/mol. The molecule has 3 fully saturated rings. The van der Waals surface area contributed by atoms with Gasteiger partial charge in [0, 0.05) is 11.5 Å². The Hall–Kier alpha value is -1.45. The van der Waals surface area contributed by atoms with Crippen LogP contribution in [0.3, 0.4) is 0 Å². The van der Waals surface area contributed by atoms with Crippen molar-refractivity contribution < 1.29 is 36.4 Å². The molecule has 1 saturated heterocycles. The molecule has 8 nitrogen and oxygen atoms in total. The average molecular weight is 388 g/mol. The minimum absolute atomic E-state index is 0.0132. The van der Waals surface area contributed by atoms with Crippen LogP contribution in [-0.4, -0.2) is 57.6 Å². The second-order valence-corrected chi connectivity index (χ2v) is 9.48. The van der Waals surface area contributed by atoms with Crippen LogP contribution >= 0.6 is 0 Å². The summed E-state index contributed by atoms with van der Waals surface area (Å²) in [5.41, 5.74) is 0.0293. The summed E-state index contributed by atoms with van der Waals surface area (Å²) in [5.74, 6) is -1.31. The summed E-state index contributed by atoms with van der Waals surface area (Å²) in [6, 6.07) is 0. The number of rotatable bonds is 7. The van der Waals surface area contributed by atoms with E-state index in [1.165, 1.54) is 6.92 Å². The Morgan fingerprint density at radius 2 is 1.92 bits per heavy atom. The molecule has 5 atom stereocenters. The highest BCUT2D eigenvalue weighted by Crippen LogP contribution is 2.64. The van der Waals surface area contributed by atoms with E-state index in [-0.39, 0.29) is 42.1 Å². The molecule has 0 N–H and O–H groups in total. The Morgan fingerprint density at radius 1 is 1.23 bits per heavy atom. The zero-order valence-electron chi connectivity index (χ0n) is 15.1. The van der Waals surface area contributed by atoms with Crippen LogP contribution in [0.5, 0.6) is 0 Å². The van der Waals surface area contributed by atoms with Gasteiger partial charge in [-0.1, -0.05) is 20.4 Å². The van der Waals surface area contributed by atoms with E-state index in [9.17, 15) is 18.0 Å². The van der Waals surface area contributed by atoms with Crippen molar-refractivity contribution in [3.05, 3.63) is 12.2 Å². The van der Waals surface area contributed by atoms with Crippen LogP contribution in [0.4, 0.5) is 0 Å². The van der Waals surface area contributed by atoms with Crippen LogP contribution in [0.1, 0.15) is 27.2 Å². The minimum Gasteiger partial charge on any atom is -0.461 e. The van der Waals surface area contributed by atoms with Crippen molar-refractivity contribution in [3.63, 3.8) is 0 Å². The highest BCUT2D eigenvalue weighted by Gasteiger charge is 2.72. The average Bonchev–Trinajstić information content (AvgIpc) is 3.01. The third-order valence-corrected chi connectivity index (χ3v) is 7.44. The zero-order chi connectivity index (χ0) is 19.3. The lowest BCUT2D eigenvalue weighted by molar-refractivity contribution is -0.158. The third-order valence-electron chi connectivity index (χ3n) is 5.72. The lowest BCUT2D eigenvalue weighted by Gasteiger charge is -2.26. The van der Waals surface area contributed by atoms with Gasteiger partial charge in [-0.2, -0.15) is 8.42 Å². The minimum atomic E-state index is -3.52. The topological polar surface area (TPSA) is 105 Å². The molecule has 3 rings (SSSR count). The molecule has 0 aromatic carbocycles. The van der Waals surface area contributed by atoms with Crippen LogP contribution in [0.15, 0.2) is 12.2 Å². The molecule has 0 amide bonds. The smallest absolute Gasteiger partial charge is 0.344 e. The second-order valence-electron chi connectivity index (χ2n) is 7.69. The summed E-state index contributed by atoms with van der Waals surface area (Å²) < 4.78 is 45.0. The van der Waals surface area contributed by atoms with Gasteiger partial charge in [-0.25, -0.2) is 9.59 Å². The number of carbonyl (C=O) groups excluding carboxylic acids is 2. The molecule has 0 aromatic rings. The molecule has 2 bridgehead atoms. The molecule has 0 radical (unpaired) electrons. The van der Waals surface area contributed by atoms with E-state index in [2.05, 4.69) is 25.2 Å². The fraction of sp³-hybridized carbons (Fsp3) is 0.765. The molecule has 146 valence electrons. The number of hydrogen-bond acceptors (Lipinski definition) is 8. The van der Waals surface area contributed by atoms with Crippen molar-refractivity contribution in [2.45, 2.75) is 44.6 Å². The first-order valence-corrected chi connectivity index (χ1v) is 10.0. The summed E-state index contributed by atoms with van der Waals surface area (Å²) >= 11 is 0. The first-order chi connectivity index (χ1) is 12.1. The molecule has 1 aliphatic heterocycles. The number of hydrogen-bond donors (Lipinski definition) is 0. The Balaban J connectivity index is 1.46. The van der Waals surface area contributed by atoms with Gasteiger partial charge < -0.3 is 14.2 Å². The highest BCUT2D eigenvalue weighted by atomic mass is 32.2. The molecule has 0 aromatic heterocycles. The maximum Gasteiger partial charge on any atom is 0.344 e. The Labute approximate surface area is 152 Å². The number of carbonyl (C=O) groups is 2. The summed E-state index contributed by atoms with van der Waals surface area (Å²) in [6.07, 6.45) is -0.257. The fourth-order valence-electron chi connectivity index (χ4n) is 4.53. The van der Waals surface area contributed by atoms with Gasteiger partial charge in [0.25, 0.3) is 10.1 Å². The Morgan fingerprint density at radius 3 is 2.58 bits per heavy atom. The molecule has 0 spiro atoms. The lowest BCUT2D eigenvalue weighted by atomic mass is 9.81. The van der Waals surface area contributed by atoms with Crippen LogP contribution in [0.2, 0.25) is 0 Å². The maximum atomic E-state index is 12.1. The van der Waals surface area contributed by atoms with Crippen molar-refractivity contribution in [1.82, 2.24) is 0 Å². The molecule has 1 heterocycles. The van der Waals surface area contributed by atoms with Crippen LogP contribution < -0.4 is 0 Å². The zero-order valence-corrected chi connectivity index (χ0v) is 15.9. The van der Waals surface area contributed by atoms with Gasteiger partial charge in [-0.3, -0.25) is 4.18 Å². The molecule has 26 heavy (non-hydrogen) atoms. The fourth-order valence-corrected chi connectivity index (χ4v) is 6.52. The summed E-state index contributed by atoms with van der Waals surface area (Å²) in [7, 11) is -3.52. The predicted octanol–water partition coefficient (Wildman–Crippen LogP) is 0.807. The van der Waals surface area contributed by atoms with E-state index in [1.54, 1.807) is 0 Å². The van der Waals surface area contributed by atoms with Crippen LogP contribution in [-0.2, 0) is 38.1 Å². The molecule has 2 saturated carbocycles. The molecule has 5 unspecified atom stereocenters. The van der Waals surface area contributed by atoms with Crippen molar-refractivity contribution in [3.8, 4) is 0 Å². The summed E-state index contributed by atoms with van der Waals surface area (Å²) in [5, 5.41) is -0.437. The number of ether oxygens (including phenoxy) is 3. The largest absolute Gasteiger partial charge is 0.461 e. The van der Waals surface area contributed by atoms with E-state index in [0.29, 0.717) is 6.42 Å². The normalized spacial score (nSPS) is 35.3. The SMILES string of the molecule is C=C(C)C(=O)OCC(=O)OCCOC1C2OS(=O)(=O)C3CC1C(C)(C)C23. The van der Waals surface area contributed by atoms with Gasteiger partial charge >= 0.3 is 11.9 Å². The molecular formula is C17H24O8S. The van der Waals surface area contributed by atoms with E-state index in [1.807, 2.05) is 0 Å². The van der Waals surface area contributed by atoms with E-state index in [4.69, 9.17) is 13.7 Å². The maximum absolute atomic E-state index is 12.1. The van der Waals surface area contributed by atoms with E-state index in [0.717, 1.165) is 0 Å². The van der Waals surface area contributed by atoms with Crippen molar-refractivity contribution in [2.75, 3.05) is 19.8 Å². The van der Waals surface area contributed by atoms with Crippen molar-refractivity contribution >= 4 is 22.1 Å². The quantitative estimate of drug-likeness (QED) is 0.273. The van der Waals surface area contributed by atoms with Crippen LogP contribution in [0, 0.1) is 17.3 Å². The molecule has 2 aliphatic carbocycles. The van der Waals surface area contributed by atoms with Gasteiger partial charge in [-0.15, -0.1) is 0 Å². The van der Waals surface area contributed by atoms with Gasteiger partial charge in [0.2, 0.25) is 0 Å². The van der Waals surface area contributed by atoms with E-state index >= 15 is 0 Å². The Bertz CT molecular complexity index is 725.